The number of hydrogen-bond donors (Lipinski definition) is 0. The number of fused-ring (bicyclic) bond motifs is 2. The molecule has 5 aromatic rings. The van der Waals surface area contributed by atoms with Crippen LogP contribution in [0.1, 0.15) is 5.01 Å². The smallest absolute Gasteiger partial charge is 0.344 e. The highest BCUT2D eigenvalue weighted by atomic mass is 32.2. The quantitative estimate of drug-likeness (QED) is 0.256. The van der Waals surface area contributed by atoms with Crippen molar-refractivity contribution in [1.29, 1.82) is 0 Å². The van der Waals surface area contributed by atoms with Crippen LogP contribution in [0, 0.1) is 0 Å². The molecular weight excluding hydrogens is 496 g/mol. The zero-order valence-corrected chi connectivity index (χ0v) is 21.0. The lowest BCUT2D eigenvalue weighted by Crippen LogP contribution is -2.26. The minimum absolute atomic E-state index is 0.0813. The first kappa shape index (κ1) is 23.8. The summed E-state index contributed by atoms with van der Waals surface area (Å²) in [5, 5.41) is 2.54. The van der Waals surface area contributed by atoms with Gasteiger partial charge in [0.05, 0.1) is 20.8 Å². The summed E-state index contributed by atoms with van der Waals surface area (Å²) in [6.45, 7) is -0.187. The van der Waals surface area contributed by atoms with Crippen molar-refractivity contribution in [2.24, 2.45) is 0 Å². The summed E-state index contributed by atoms with van der Waals surface area (Å²) in [6, 6.07) is 26.9. The first-order chi connectivity index (χ1) is 17.4. The van der Waals surface area contributed by atoms with Crippen molar-refractivity contribution >= 4 is 54.0 Å². The van der Waals surface area contributed by atoms with Gasteiger partial charge in [-0.05, 0) is 59.3 Å². The molecular formula is C27H22N2O5S2. The Morgan fingerprint density at radius 3 is 2.42 bits per heavy atom. The Labute approximate surface area is 212 Å². The van der Waals surface area contributed by atoms with Crippen LogP contribution < -0.4 is 9.04 Å². The highest BCUT2D eigenvalue weighted by Gasteiger charge is 2.21. The number of aromatic nitrogens is 1. The van der Waals surface area contributed by atoms with Gasteiger partial charge < -0.3 is 9.47 Å². The van der Waals surface area contributed by atoms with Crippen LogP contribution in [-0.2, 0) is 26.2 Å². The molecule has 36 heavy (non-hydrogen) atoms. The third-order valence-electron chi connectivity index (χ3n) is 5.63. The van der Waals surface area contributed by atoms with Gasteiger partial charge in [-0.1, -0.05) is 42.5 Å². The first-order valence-corrected chi connectivity index (χ1v) is 13.4. The van der Waals surface area contributed by atoms with Crippen LogP contribution in [-0.4, -0.2) is 33.0 Å². The first-order valence-electron chi connectivity index (χ1n) is 11.1. The van der Waals surface area contributed by atoms with Gasteiger partial charge in [0, 0.05) is 7.05 Å². The fourth-order valence-corrected chi connectivity index (χ4v) is 5.80. The van der Waals surface area contributed by atoms with Crippen LogP contribution in [0.5, 0.6) is 5.75 Å². The fraction of sp³-hybridized carbons (Fsp3) is 0.111. The Balaban J connectivity index is 1.18. The van der Waals surface area contributed by atoms with E-state index in [1.807, 2.05) is 48.5 Å². The molecule has 1 heterocycles. The molecule has 0 aliphatic rings. The zero-order chi connectivity index (χ0) is 25.1. The summed E-state index contributed by atoms with van der Waals surface area (Å²) in [5.41, 5.74) is 1.34. The van der Waals surface area contributed by atoms with Crippen LogP contribution in [0.4, 0.5) is 5.69 Å². The molecule has 9 heteroatoms. The van der Waals surface area contributed by atoms with Gasteiger partial charge in [0.15, 0.2) is 6.61 Å². The number of rotatable bonds is 8. The average molecular weight is 519 g/mol. The van der Waals surface area contributed by atoms with Gasteiger partial charge in [0.2, 0.25) is 0 Å². The Hall–Kier alpha value is -3.95. The largest absolute Gasteiger partial charge is 0.482 e. The Bertz CT molecular complexity index is 1610. The molecule has 0 fully saturated rings. The van der Waals surface area contributed by atoms with Gasteiger partial charge in [0.1, 0.15) is 17.4 Å². The van der Waals surface area contributed by atoms with E-state index in [4.69, 9.17) is 9.47 Å². The maximum absolute atomic E-state index is 13.2. The summed E-state index contributed by atoms with van der Waals surface area (Å²) >= 11 is 1.48. The molecule has 1 aromatic heterocycles. The summed E-state index contributed by atoms with van der Waals surface area (Å²) in [4.78, 5) is 16.7. The number of sulfonamides is 1. The number of esters is 1. The Morgan fingerprint density at radius 2 is 1.64 bits per heavy atom. The molecule has 0 amide bonds. The molecule has 0 bridgehead atoms. The number of nitrogens with zero attached hydrogens (tertiary/aromatic N) is 2. The fourth-order valence-electron chi connectivity index (χ4n) is 3.68. The lowest BCUT2D eigenvalue weighted by Gasteiger charge is -2.20. The van der Waals surface area contributed by atoms with E-state index in [-0.39, 0.29) is 18.1 Å². The molecule has 0 N–H and O–H groups in total. The van der Waals surface area contributed by atoms with E-state index < -0.39 is 16.0 Å². The highest BCUT2D eigenvalue weighted by Crippen LogP contribution is 2.27. The van der Waals surface area contributed by atoms with Gasteiger partial charge in [-0.15, -0.1) is 11.3 Å². The van der Waals surface area contributed by atoms with Crippen molar-refractivity contribution in [3.05, 3.63) is 96.0 Å². The zero-order valence-electron chi connectivity index (χ0n) is 19.3. The van der Waals surface area contributed by atoms with E-state index in [0.29, 0.717) is 16.4 Å². The second kappa shape index (κ2) is 9.96. The maximum atomic E-state index is 13.2. The normalized spacial score (nSPS) is 11.5. The highest BCUT2D eigenvalue weighted by molar-refractivity contribution is 7.92. The lowest BCUT2D eigenvalue weighted by atomic mass is 10.1. The third-order valence-corrected chi connectivity index (χ3v) is 8.42. The van der Waals surface area contributed by atoms with Crippen molar-refractivity contribution < 1.29 is 22.7 Å². The van der Waals surface area contributed by atoms with Gasteiger partial charge in [-0.25, -0.2) is 18.2 Å². The van der Waals surface area contributed by atoms with E-state index in [0.717, 1.165) is 21.0 Å². The summed E-state index contributed by atoms with van der Waals surface area (Å²) in [6.07, 6.45) is 0. The third kappa shape index (κ3) is 5.02. The molecule has 0 aliphatic carbocycles. The van der Waals surface area contributed by atoms with Gasteiger partial charge in [-0.3, -0.25) is 4.31 Å². The minimum Gasteiger partial charge on any atom is -0.482 e. The number of carbonyl (C=O) groups excluding carboxylic acids is 1. The second-order valence-corrected chi connectivity index (χ2v) is 11.1. The summed E-state index contributed by atoms with van der Waals surface area (Å²) in [7, 11) is -2.25. The number of ether oxygens (including phenoxy) is 2. The molecule has 4 aromatic carbocycles. The predicted octanol–water partition coefficient (Wildman–Crippen LogP) is 5.40. The Kier molecular flexibility index (Phi) is 6.58. The van der Waals surface area contributed by atoms with E-state index in [2.05, 4.69) is 4.98 Å². The van der Waals surface area contributed by atoms with Crippen LogP contribution in [0.15, 0.2) is 95.9 Å². The molecule has 0 radical (unpaired) electrons. The molecule has 0 saturated heterocycles. The van der Waals surface area contributed by atoms with Crippen LogP contribution in [0.25, 0.3) is 21.0 Å². The van der Waals surface area contributed by atoms with Crippen LogP contribution >= 0.6 is 11.3 Å². The number of hydrogen-bond acceptors (Lipinski definition) is 7. The van der Waals surface area contributed by atoms with Crippen molar-refractivity contribution in [2.75, 3.05) is 18.0 Å². The monoisotopic (exact) mass is 518 g/mol. The number of benzene rings is 4. The SMILES string of the molecule is CN(c1ccc(OCC(=O)OCc2nc3ccccc3s2)cc1)S(=O)(=O)c1ccc2ccccc2c1. The number of carbonyl (C=O) groups is 1. The minimum atomic E-state index is -3.75. The van der Waals surface area contributed by atoms with E-state index in [1.54, 1.807) is 42.5 Å². The number of para-hydroxylation sites is 1. The second-order valence-electron chi connectivity index (χ2n) is 8.00. The number of thiazole rings is 1. The standard InChI is InChI=1S/C27H22N2O5S2/c1-29(36(31,32)23-15-10-19-6-2-3-7-20(19)16-23)21-11-13-22(14-12-21)33-18-27(30)34-17-26-28-24-8-4-5-9-25(24)35-26/h2-16H,17-18H2,1H3. The molecule has 0 atom stereocenters. The predicted molar refractivity (Wildman–Crippen MR) is 141 cm³/mol. The number of anilines is 1. The topological polar surface area (TPSA) is 85.8 Å². The molecule has 0 spiro atoms. The van der Waals surface area contributed by atoms with Gasteiger partial charge >= 0.3 is 5.97 Å². The summed E-state index contributed by atoms with van der Waals surface area (Å²) in [5.74, 6) is -0.0958. The molecule has 0 unspecified atom stereocenters. The van der Waals surface area contributed by atoms with Crippen molar-refractivity contribution in [3.63, 3.8) is 0 Å². The molecule has 0 saturated carbocycles. The van der Waals surface area contributed by atoms with Crippen molar-refractivity contribution in [2.45, 2.75) is 11.5 Å². The molecule has 0 aliphatic heterocycles. The van der Waals surface area contributed by atoms with Crippen molar-refractivity contribution in [1.82, 2.24) is 4.98 Å². The summed E-state index contributed by atoms with van der Waals surface area (Å²) < 4.78 is 39.3. The van der Waals surface area contributed by atoms with E-state index in [1.165, 1.54) is 22.7 Å². The van der Waals surface area contributed by atoms with Crippen molar-refractivity contribution in [3.8, 4) is 5.75 Å². The van der Waals surface area contributed by atoms with E-state index >= 15 is 0 Å². The van der Waals surface area contributed by atoms with Gasteiger partial charge in [0.25, 0.3) is 10.0 Å². The van der Waals surface area contributed by atoms with Crippen LogP contribution in [0.2, 0.25) is 0 Å². The van der Waals surface area contributed by atoms with Crippen LogP contribution in [0.3, 0.4) is 0 Å². The molecule has 7 nitrogen and oxygen atoms in total. The Morgan fingerprint density at radius 1 is 0.917 bits per heavy atom. The molecule has 182 valence electrons. The molecule has 5 rings (SSSR count). The lowest BCUT2D eigenvalue weighted by molar-refractivity contribution is -0.147. The van der Waals surface area contributed by atoms with E-state index in [9.17, 15) is 13.2 Å². The van der Waals surface area contributed by atoms with Gasteiger partial charge in [-0.2, -0.15) is 0 Å². The average Bonchev–Trinajstić information content (AvgIpc) is 3.33. The maximum Gasteiger partial charge on any atom is 0.344 e.